The largest absolute Gasteiger partial charge is 0.495 e. The van der Waals surface area contributed by atoms with Crippen LogP contribution in [0, 0.1) is 0 Å². The molecule has 4 nitrogen and oxygen atoms in total. The molecule has 1 aliphatic rings. The molecule has 5 heteroatoms. The van der Waals surface area contributed by atoms with Crippen molar-refractivity contribution in [3.63, 3.8) is 0 Å². The molecular formula is C12H16BrNO3. The van der Waals surface area contributed by atoms with Gasteiger partial charge in [0.15, 0.2) is 0 Å². The number of methoxy groups -OCH3 is 2. The third kappa shape index (κ3) is 2.84. The first kappa shape index (κ1) is 12.5. The van der Waals surface area contributed by atoms with Gasteiger partial charge in [0.1, 0.15) is 11.5 Å². The van der Waals surface area contributed by atoms with Gasteiger partial charge < -0.3 is 19.5 Å². The maximum absolute atomic E-state index is 5.35. The second kappa shape index (κ2) is 5.60. The molecule has 1 heterocycles. The van der Waals surface area contributed by atoms with Gasteiger partial charge in [-0.2, -0.15) is 0 Å². The molecule has 1 fully saturated rings. The minimum Gasteiger partial charge on any atom is -0.495 e. The summed E-state index contributed by atoms with van der Waals surface area (Å²) in [6, 6.07) is 4.18. The van der Waals surface area contributed by atoms with E-state index < -0.39 is 0 Å². The van der Waals surface area contributed by atoms with Crippen LogP contribution >= 0.6 is 15.9 Å². The van der Waals surface area contributed by atoms with Crippen LogP contribution in [0.2, 0.25) is 0 Å². The van der Waals surface area contributed by atoms with Crippen LogP contribution in [0.3, 0.4) is 0 Å². The Morgan fingerprint density at radius 1 is 1.29 bits per heavy atom. The Kier molecular flexibility index (Phi) is 4.12. The van der Waals surface area contributed by atoms with E-state index in [0.717, 1.165) is 41.3 Å². The normalized spacial score (nSPS) is 19.1. The lowest BCUT2D eigenvalue weighted by Crippen LogP contribution is -2.19. The van der Waals surface area contributed by atoms with E-state index in [1.807, 2.05) is 12.1 Å². The predicted molar refractivity (Wildman–Crippen MR) is 70.1 cm³/mol. The minimum atomic E-state index is 0.351. The van der Waals surface area contributed by atoms with Crippen LogP contribution in [-0.4, -0.2) is 33.5 Å². The Morgan fingerprint density at radius 3 is 2.65 bits per heavy atom. The number of benzene rings is 1. The van der Waals surface area contributed by atoms with Gasteiger partial charge in [-0.1, -0.05) is 0 Å². The molecule has 1 saturated heterocycles. The molecule has 0 aromatic heterocycles. The summed E-state index contributed by atoms with van der Waals surface area (Å²) in [6.45, 7) is 1.56. The lowest BCUT2D eigenvalue weighted by Gasteiger charge is -2.17. The molecule has 1 aliphatic heterocycles. The van der Waals surface area contributed by atoms with Gasteiger partial charge in [-0.05, 0) is 28.4 Å². The Morgan fingerprint density at radius 2 is 2.06 bits per heavy atom. The first-order valence-corrected chi connectivity index (χ1v) is 6.29. The summed E-state index contributed by atoms with van der Waals surface area (Å²) in [5, 5.41) is 3.42. The molecule has 0 aliphatic carbocycles. The number of anilines is 1. The van der Waals surface area contributed by atoms with Gasteiger partial charge in [-0.15, -0.1) is 0 Å². The first-order chi connectivity index (χ1) is 8.24. The number of halogens is 1. The molecule has 1 unspecified atom stereocenters. The van der Waals surface area contributed by atoms with Crippen LogP contribution in [0.4, 0.5) is 5.69 Å². The summed E-state index contributed by atoms with van der Waals surface area (Å²) in [4.78, 5) is 0. The molecule has 2 rings (SSSR count). The van der Waals surface area contributed by atoms with E-state index in [4.69, 9.17) is 14.2 Å². The van der Waals surface area contributed by atoms with E-state index in [-0.39, 0.29) is 0 Å². The van der Waals surface area contributed by atoms with Crippen molar-refractivity contribution in [3.05, 3.63) is 16.6 Å². The lowest BCUT2D eigenvalue weighted by molar-refractivity contribution is 0.195. The third-order valence-electron chi connectivity index (χ3n) is 2.76. The number of hydrogen-bond acceptors (Lipinski definition) is 4. The summed E-state index contributed by atoms with van der Waals surface area (Å²) < 4.78 is 16.8. The van der Waals surface area contributed by atoms with Crippen molar-refractivity contribution in [2.45, 2.75) is 12.5 Å². The second-order valence-electron chi connectivity index (χ2n) is 3.89. The quantitative estimate of drug-likeness (QED) is 0.928. The molecule has 94 valence electrons. The van der Waals surface area contributed by atoms with E-state index >= 15 is 0 Å². The maximum atomic E-state index is 5.35. The number of nitrogens with one attached hydrogen (secondary N) is 1. The summed E-state index contributed by atoms with van der Waals surface area (Å²) in [6.07, 6.45) is 1.02. The summed E-state index contributed by atoms with van der Waals surface area (Å²) in [7, 11) is 3.29. The molecule has 0 saturated carbocycles. The van der Waals surface area contributed by atoms with Crippen LogP contribution in [0.25, 0.3) is 0 Å². The van der Waals surface area contributed by atoms with Gasteiger partial charge in [-0.3, -0.25) is 0 Å². The van der Waals surface area contributed by atoms with Gasteiger partial charge in [0, 0.05) is 12.7 Å². The Labute approximate surface area is 109 Å². The van der Waals surface area contributed by atoms with Gasteiger partial charge in [-0.25, -0.2) is 0 Å². The average Bonchev–Trinajstić information content (AvgIpc) is 2.82. The predicted octanol–water partition coefficient (Wildman–Crippen LogP) is 2.67. The highest BCUT2D eigenvalue weighted by atomic mass is 79.9. The zero-order chi connectivity index (χ0) is 12.3. The van der Waals surface area contributed by atoms with Crippen molar-refractivity contribution in [2.75, 3.05) is 32.8 Å². The molecule has 1 aromatic rings. The molecule has 1 atom stereocenters. The van der Waals surface area contributed by atoms with Gasteiger partial charge >= 0.3 is 0 Å². The van der Waals surface area contributed by atoms with Crippen LogP contribution < -0.4 is 14.8 Å². The van der Waals surface area contributed by atoms with Crippen molar-refractivity contribution >= 4 is 21.6 Å². The van der Waals surface area contributed by atoms with Crippen molar-refractivity contribution < 1.29 is 14.2 Å². The van der Waals surface area contributed by atoms with Crippen molar-refractivity contribution in [1.82, 2.24) is 0 Å². The molecule has 0 amide bonds. The van der Waals surface area contributed by atoms with Crippen LogP contribution in [0.1, 0.15) is 6.42 Å². The number of rotatable bonds is 4. The molecule has 0 bridgehead atoms. The fourth-order valence-electron chi connectivity index (χ4n) is 1.84. The fourth-order valence-corrected chi connectivity index (χ4v) is 2.35. The Bertz CT molecular complexity index is 392. The average molecular weight is 302 g/mol. The highest BCUT2D eigenvalue weighted by Gasteiger charge is 2.18. The zero-order valence-corrected chi connectivity index (χ0v) is 11.5. The van der Waals surface area contributed by atoms with E-state index in [9.17, 15) is 0 Å². The lowest BCUT2D eigenvalue weighted by atomic mass is 10.2. The Hall–Kier alpha value is -0.940. The Balaban J connectivity index is 2.22. The first-order valence-electron chi connectivity index (χ1n) is 5.50. The van der Waals surface area contributed by atoms with Crippen molar-refractivity contribution in [2.24, 2.45) is 0 Å². The third-order valence-corrected chi connectivity index (χ3v) is 3.38. The molecule has 17 heavy (non-hydrogen) atoms. The number of hydrogen-bond donors (Lipinski definition) is 1. The smallest absolute Gasteiger partial charge is 0.145 e. The minimum absolute atomic E-state index is 0.351. The zero-order valence-electron chi connectivity index (χ0n) is 9.96. The molecule has 0 spiro atoms. The SMILES string of the molecule is COc1cc(OC)c(NC2CCOC2)cc1Br. The van der Waals surface area contributed by atoms with Crippen molar-refractivity contribution in [3.8, 4) is 11.5 Å². The molecule has 1 aromatic carbocycles. The summed E-state index contributed by atoms with van der Waals surface area (Å²) >= 11 is 3.47. The summed E-state index contributed by atoms with van der Waals surface area (Å²) in [5.74, 6) is 1.53. The fraction of sp³-hybridized carbons (Fsp3) is 0.500. The monoisotopic (exact) mass is 301 g/mol. The summed E-state index contributed by atoms with van der Waals surface area (Å²) in [5.41, 5.74) is 0.954. The topological polar surface area (TPSA) is 39.7 Å². The number of ether oxygens (including phenoxy) is 3. The standard InChI is InChI=1S/C12H16BrNO3/c1-15-11-6-12(16-2)10(5-9(11)13)14-8-3-4-17-7-8/h5-6,8,14H,3-4,7H2,1-2H3. The van der Waals surface area contributed by atoms with E-state index in [0.29, 0.717) is 6.04 Å². The highest BCUT2D eigenvalue weighted by Crippen LogP contribution is 2.36. The molecule has 0 radical (unpaired) electrons. The van der Waals surface area contributed by atoms with Crippen LogP contribution in [-0.2, 0) is 4.74 Å². The van der Waals surface area contributed by atoms with E-state index in [1.165, 1.54) is 0 Å². The highest BCUT2D eigenvalue weighted by molar-refractivity contribution is 9.10. The molecule has 1 N–H and O–H groups in total. The molecular weight excluding hydrogens is 286 g/mol. The van der Waals surface area contributed by atoms with E-state index in [2.05, 4.69) is 21.2 Å². The maximum Gasteiger partial charge on any atom is 0.145 e. The van der Waals surface area contributed by atoms with Crippen LogP contribution in [0.5, 0.6) is 11.5 Å². The van der Waals surface area contributed by atoms with E-state index in [1.54, 1.807) is 14.2 Å². The van der Waals surface area contributed by atoms with Gasteiger partial charge in [0.05, 0.1) is 37.0 Å². The van der Waals surface area contributed by atoms with Gasteiger partial charge in [0.25, 0.3) is 0 Å². The van der Waals surface area contributed by atoms with Crippen LogP contribution in [0.15, 0.2) is 16.6 Å². The van der Waals surface area contributed by atoms with Crippen molar-refractivity contribution in [1.29, 1.82) is 0 Å². The van der Waals surface area contributed by atoms with Gasteiger partial charge in [0.2, 0.25) is 0 Å². The second-order valence-corrected chi connectivity index (χ2v) is 4.75.